The lowest BCUT2D eigenvalue weighted by atomic mass is 10.0. The number of carbonyl (C=O) groups is 1. The highest BCUT2D eigenvalue weighted by atomic mass is 35.5. The van der Waals surface area contributed by atoms with Gasteiger partial charge in [-0.15, -0.1) is 12.4 Å². The Morgan fingerprint density at radius 2 is 2.00 bits per heavy atom. The predicted octanol–water partition coefficient (Wildman–Crippen LogP) is 1.57. The van der Waals surface area contributed by atoms with E-state index in [9.17, 15) is 9.90 Å². The van der Waals surface area contributed by atoms with E-state index in [0.717, 1.165) is 24.8 Å². The number of hydrogen-bond acceptors (Lipinski definition) is 3. The van der Waals surface area contributed by atoms with Gasteiger partial charge < -0.3 is 15.7 Å². The van der Waals surface area contributed by atoms with E-state index < -0.39 is 0 Å². The molecule has 0 heterocycles. The molecule has 0 aromatic heterocycles. The highest BCUT2D eigenvalue weighted by Gasteiger charge is 2.22. The van der Waals surface area contributed by atoms with Crippen molar-refractivity contribution in [2.75, 3.05) is 13.2 Å². The van der Waals surface area contributed by atoms with Crippen molar-refractivity contribution in [3.05, 3.63) is 35.4 Å². The summed E-state index contributed by atoms with van der Waals surface area (Å²) >= 11 is 0. The lowest BCUT2D eigenvalue weighted by Gasteiger charge is -2.17. The first-order chi connectivity index (χ1) is 9.22. The summed E-state index contributed by atoms with van der Waals surface area (Å²) in [6, 6.07) is 8.20. The first-order valence-electron chi connectivity index (χ1n) is 6.95. The van der Waals surface area contributed by atoms with Crippen LogP contribution in [0.4, 0.5) is 0 Å². The minimum atomic E-state index is -0.320. The number of halogens is 1. The molecule has 0 aliphatic heterocycles. The van der Waals surface area contributed by atoms with Crippen LogP contribution in [0.3, 0.4) is 0 Å². The molecule has 1 aromatic carbocycles. The number of nitrogens with one attached hydrogen (secondary N) is 2. The molecule has 0 saturated heterocycles. The molecule has 0 bridgehead atoms. The summed E-state index contributed by atoms with van der Waals surface area (Å²) in [4.78, 5) is 11.8. The fourth-order valence-corrected chi connectivity index (χ4v) is 1.99. The van der Waals surface area contributed by atoms with Gasteiger partial charge >= 0.3 is 0 Å². The summed E-state index contributed by atoms with van der Waals surface area (Å²) in [6.45, 7) is 2.35. The Hall–Kier alpha value is -1.10. The minimum absolute atomic E-state index is 0. The van der Waals surface area contributed by atoms with Gasteiger partial charge in [0, 0.05) is 6.04 Å². The maximum absolute atomic E-state index is 11.8. The molecule has 1 aliphatic rings. The quantitative estimate of drug-likeness (QED) is 0.716. The van der Waals surface area contributed by atoms with Crippen LogP contribution in [0.15, 0.2) is 24.3 Å². The van der Waals surface area contributed by atoms with Gasteiger partial charge in [-0.25, -0.2) is 0 Å². The predicted molar refractivity (Wildman–Crippen MR) is 82.1 cm³/mol. The molecule has 1 aromatic rings. The third-order valence-electron chi connectivity index (χ3n) is 3.44. The Balaban J connectivity index is 0.00000200. The SMILES string of the molecule is CCc1ccc(C(CO)NC(=O)CNC2CC2)cc1.Cl. The van der Waals surface area contributed by atoms with E-state index in [0.29, 0.717) is 12.6 Å². The van der Waals surface area contributed by atoms with Gasteiger partial charge in [-0.05, 0) is 30.4 Å². The minimum Gasteiger partial charge on any atom is -0.394 e. The Bertz CT molecular complexity index is 418. The molecule has 1 saturated carbocycles. The fourth-order valence-electron chi connectivity index (χ4n) is 1.99. The van der Waals surface area contributed by atoms with E-state index in [2.05, 4.69) is 17.6 Å². The lowest BCUT2D eigenvalue weighted by molar-refractivity contribution is -0.121. The Labute approximate surface area is 126 Å². The molecule has 1 atom stereocenters. The van der Waals surface area contributed by atoms with Crippen LogP contribution >= 0.6 is 12.4 Å². The summed E-state index contributed by atoms with van der Waals surface area (Å²) in [5.74, 6) is -0.0643. The number of aliphatic hydroxyl groups is 1. The molecule has 3 N–H and O–H groups in total. The van der Waals surface area contributed by atoms with Gasteiger partial charge in [0.2, 0.25) is 5.91 Å². The molecule has 5 heteroatoms. The summed E-state index contributed by atoms with van der Waals surface area (Å²) in [5, 5.41) is 15.4. The van der Waals surface area contributed by atoms with Gasteiger partial charge in [-0.3, -0.25) is 4.79 Å². The molecule has 20 heavy (non-hydrogen) atoms. The van der Waals surface area contributed by atoms with E-state index in [1.54, 1.807) is 0 Å². The van der Waals surface area contributed by atoms with Crippen LogP contribution in [0, 0.1) is 0 Å². The summed E-state index contributed by atoms with van der Waals surface area (Å²) in [7, 11) is 0. The fraction of sp³-hybridized carbons (Fsp3) is 0.533. The molecular weight excluding hydrogens is 276 g/mol. The van der Waals surface area contributed by atoms with E-state index in [4.69, 9.17) is 0 Å². The monoisotopic (exact) mass is 298 g/mol. The zero-order chi connectivity index (χ0) is 13.7. The van der Waals surface area contributed by atoms with Crippen molar-refractivity contribution in [2.24, 2.45) is 0 Å². The second kappa shape index (κ2) is 8.25. The topological polar surface area (TPSA) is 61.4 Å². The maximum atomic E-state index is 11.8. The van der Waals surface area contributed by atoms with Gasteiger partial charge in [0.15, 0.2) is 0 Å². The Morgan fingerprint density at radius 3 is 2.50 bits per heavy atom. The van der Waals surface area contributed by atoms with Crippen molar-refractivity contribution < 1.29 is 9.90 Å². The van der Waals surface area contributed by atoms with E-state index >= 15 is 0 Å². The molecule has 2 rings (SSSR count). The van der Waals surface area contributed by atoms with Gasteiger partial charge in [0.1, 0.15) is 0 Å². The first-order valence-corrected chi connectivity index (χ1v) is 6.95. The number of benzene rings is 1. The first kappa shape index (κ1) is 17.0. The van der Waals surface area contributed by atoms with Gasteiger partial charge in [-0.2, -0.15) is 0 Å². The number of aryl methyl sites for hydroxylation is 1. The second-order valence-corrected chi connectivity index (χ2v) is 5.05. The van der Waals surface area contributed by atoms with Crippen molar-refractivity contribution in [3.8, 4) is 0 Å². The van der Waals surface area contributed by atoms with Crippen molar-refractivity contribution >= 4 is 18.3 Å². The lowest BCUT2D eigenvalue weighted by Crippen LogP contribution is -2.38. The van der Waals surface area contributed by atoms with E-state index in [1.807, 2.05) is 24.3 Å². The highest BCUT2D eigenvalue weighted by molar-refractivity contribution is 5.85. The van der Waals surface area contributed by atoms with Gasteiger partial charge in [0.25, 0.3) is 0 Å². The van der Waals surface area contributed by atoms with Crippen molar-refractivity contribution in [2.45, 2.75) is 38.3 Å². The number of hydrogen-bond donors (Lipinski definition) is 3. The summed E-state index contributed by atoms with van der Waals surface area (Å²) < 4.78 is 0. The molecule has 0 spiro atoms. The summed E-state index contributed by atoms with van der Waals surface area (Å²) in [6.07, 6.45) is 3.31. The van der Waals surface area contributed by atoms with Crippen molar-refractivity contribution in [1.82, 2.24) is 10.6 Å². The highest BCUT2D eigenvalue weighted by Crippen LogP contribution is 2.18. The van der Waals surface area contributed by atoms with Crippen molar-refractivity contribution in [3.63, 3.8) is 0 Å². The third-order valence-corrected chi connectivity index (χ3v) is 3.44. The van der Waals surface area contributed by atoms with Crippen LogP contribution < -0.4 is 10.6 Å². The normalized spacial score (nSPS) is 15.3. The molecule has 0 radical (unpaired) electrons. The Morgan fingerprint density at radius 1 is 1.35 bits per heavy atom. The average molecular weight is 299 g/mol. The zero-order valence-electron chi connectivity index (χ0n) is 11.8. The van der Waals surface area contributed by atoms with Crippen LogP contribution in [0.5, 0.6) is 0 Å². The van der Waals surface area contributed by atoms with Crippen LogP contribution in [0.25, 0.3) is 0 Å². The molecule has 1 aliphatic carbocycles. The molecule has 112 valence electrons. The number of rotatable bonds is 7. The summed E-state index contributed by atoms with van der Waals surface area (Å²) in [5.41, 5.74) is 2.20. The van der Waals surface area contributed by atoms with Crippen LogP contribution in [-0.2, 0) is 11.2 Å². The third kappa shape index (κ3) is 5.12. The number of amides is 1. The number of carbonyl (C=O) groups excluding carboxylic acids is 1. The van der Waals surface area contributed by atoms with Crippen LogP contribution in [-0.4, -0.2) is 30.2 Å². The van der Waals surface area contributed by atoms with Crippen LogP contribution in [0.1, 0.15) is 36.9 Å². The molecule has 1 fully saturated rings. The average Bonchev–Trinajstić information content (AvgIpc) is 3.27. The Kier molecular flexibility index (Phi) is 6.99. The largest absolute Gasteiger partial charge is 0.394 e. The molecular formula is C15H23ClN2O2. The second-order valence-electron chi connectivity index (χ2n) is 5.05. The number of aliphatic hydroxyl groups excluding tert-OH is 1. The molecule has 1 amide bonds. The van der Waals surface area contributed by atoms with Gasteiger partial charge in [-0.1, -0.05) is 31.2 Å². The van der Waals surface area contributed by atoms with Crippen molar-refractivity contribution in [1.29, 1.82) is 0 Å². The molecule has 1 unspecified atom stereocenters. The maximum Gasteiger partial charge on any atom is 0.234 e. The molecule has 4 nitrogen and oxygen atoms in total. The zero-order valence-corrected chi connectivity index (χ0v) is 12.6. The van der Waals surface area contributed by atoms with Crippen LogP contribution in [0.2, 0.25) is 0 Å². The standard InChI is InChI=1S/C15H22N2O2.ClH/c1-2-11-3-5-12(6-4-11)14(10-18)17-15(19)9-16-13-7-8-13;/h3-6,13-14,16,18H,2,7-10H2,1H3,(H,17,19);1H. The van der Waals surface area contributed by atoms with Gasteiger partial charge in [0.05, 0.1) is 19.2 Å². The van der Waals surface area contributed by atoms with E-state index in [-0.39, 0.29) is 31.0 Å². The smallest absolute Gasteiger partial charge is 0.234 e. The van der Waals surface area contributed by atoms with E-state index in [1.165, 1.54) is 5.56 Å².